The molecule has 1 unspecified atom stereocenters. The third-order valence-corrected chi connectivity index (χ3v) is 3.32. The standard InChI is InChI=1S/C17H26O2.C2H6/c1-14-11-12-17(19-4)16(13-14)10-8-6-5-7-9-15(2)18-3;1-2/h8,10-13,15H,5-7,9H2,1-4H3;1-2H3/b10-8+;. The van der Waals surface area contributed by atoms with Crippen LogP contribution >= 0.6 is 0 Å². The van der Waals surface area contributed by atoms with Gasteiger partial charge in [0.1, 0.15) is 5.75 Å². The topological polar surface area (TPSA) is 18.5 Å². The van der Waals surface area contributed by atoms with E-state index in [1.165, 1.54) is 18.4 Å². The van der Waals surface area contributed by atoms with Gasteiger partial charge in [-0.2, -0.15) is 0 Å². The fourth-order valence-corrected chi connectivity index (χ4v) is 2.01. The molecule has 21 heavy (non-hydrogen) atoms. The maximum absolute atomic E-state index is 5.36. The Labute approximate surface area is 131 Å². The number of allylic oxidation sites excluding steroid dienone is 1. The molecular weight excluding hydrogens is 260 g/mol. The van der Waals surface area contributed by atoms with E-state index in [1.54, 1.807) is 14.2 Å². The summed E-state index contributed by atoms with van der Waals surface area (Å²) < 4.78 is 10.6. The van der Waals surface area contributed by atoms with Gasteiger partial charge in [-0.05, 0) is 45.2 Å². The molecule has 0 aromatic heterocycles. The number of benzene rings is 1. The van der Waals surface area contributed by atoms with Gasteiger partial charge in [0.15, 0.2) is 0 Å². The highest BCUT2D eigenvalue weighted by atomic mass is 16.5. The molecule has 0 aliphatic carbocycles. The molecule has 0 amide bonds. The monoisotopic (exact) mass is 292 g/mol. The summed E-state index contributed by atoms with van der Waals surface area (Å²) in [7, 11) is 3.49. The van der Waals surface area contributed by atoms with Crippen LogP contribution in [0.3, 0.4) is 0 Å². The highest BCUT2D eigenvalue weighted by Crippen LogP contribution is 2.21. The van der Waals surface area contributed by atoms with Gasteiger partial charge in [-0.25, -0.2) is 0 Å². The van der Waals surface area contributed by atoms with Gasteiger partial charge in [-0.3, -0.25) is 0 Å². The molecule has 2 heteroatoms. The Bertz CT molecular complexity index is 397. The lowest BCUT2D eigenvalue weighted by molar-refractivity contribution is 0.108. The minimum atomic E-state index is 0.376. The summed E-state index contributed by atoms with van der Waals surface area (Å²) in [6, 6.07) is 6.25. The molecule has 0 aliphatic rings. The molecule has 0 radical (unpaired) electrons. The number of hydrogen-bond donors (Lipinski definition) is 0. The Morgan fingerprint density at radius 2 is 1.86 bits per heavy atom. The normalized spacial score (nSPS) is 11.9. The van der Waals surface area contributed by atoms with E-state index in [9.17, 15) is 0 Å². The van der Waals surface area contributed by atoms with E-state index in [1.807, 2.05) is 19.9 Å². The lowest BCUT2D eigenvalue weighted by atomic mass is 10.1. The summed E-state index contributed by atoms with van der Waals surface area (Å²) in [6.45, 7) is 8.22. The molecule has 0 heterocycles. The van der Waals surface area contributed by atoms with Crippen molar-refractivity contribution in [1.82, 2.24) is 0 Å². The average molecular weight is 292 g/mol. The molecule has 1 aromatic rings. The van der Waals surface area contributed by atoms with Crippen LogP contribution in [0.2, 0.25) is 0 Å². The fourth-order valence-electron chi connectivity index (χ4n) is 2.01. The molecule has 0 bridgehead atoms. The molecule has 1 rings (SSSR count). The predicted molar refractivity (Wildman–Crippen MR) is 93.1 cm³/mol. The van der Waals surface area contributed by atoms with Crippen LogP contribution < -0.4 is 4.74 Å². The lowest BCUT2D eigenvalue weighted by Gasteiger charge is -2.07. The first-order valence-corrected chi connectivity index (χ1v) is 8.01. The first kappa shape index (κ1) is 19.7. The maximum atomic E-state index is 5.36. The summed E-state index contributed by atoms with van der Waals surface area (Å²) in [4.78, 5) is 0. The second-order valence-corrected chi connectivity index (χ2v) is 4.98. The van der Waals surface area contributed by atoms with Crippen LogP contribution in [0.4, 0.5) is 0 Å². The van der Waals surface area contributed by atoms with E-state index in [2.05, 4.69) is 38.1 Å². The number of hydrogen-bond acceptors (Lipinski definition) is 2. The van der Waals surface area contributed by atoms with Gasteiger partial charge in [-0.1, -0.05) is 44.1 Å². The van der Waals surface area contributed by atoms with Crippen LogP contribution in [0, 0.1) is 6.92 Å². The van der Waals surface area contributed by atoms with Gasteiger partial charge in [0.05, 0.1) is 13.2 Å². The lowest BCUT2D eigenvalue weighted by Crippen LogP contribution is -2.03. The molecule has 1 atom stereocenters. The van der Waals surface area contributed by atoms with Crippen molar-refractivity contribution in [3.05, 3.63) is 35.4 Å². The minimum absolute atomic E-state index is 0.376. The third-order valence-electron chi connectivity index (χ3n) is 3.32. The Kier molecular flexibility index (Phi) is 11.7. The van der Waals surface area contributed by atoms with Crippen molar-refractivity contribution in [3.8, 4) is 5.75 Å². The fraction of sp³-hybridized carbons (Fsp3) is 0.579. The van der Waals surface area contributed by atoms with Crippen molar-refractivity contribution in [2.75, 3.05) is 14.2 Å². The zero-order valence-electron chi connectivity index (χ0n) is 14.6. The average Bonchev–Trinajstić information content (AvgIpc) is 2.52. The SMILES string of the molecule is CC.COc1ccc(C)cc1/C=C/CCCCC(C)OC. The molecule has 0 N–H and O–H groups in total. The van der Waals surface area contributed by atoms with E-state index in [-0.39, 0.29) is 0 Å². The van der Waals surface area contributed by atoms with Crippen LogP contribution in [-0.4, -0.2) is 20.3 Å². The number of ether oxygens (including phenoxy) is 2. The first-order valence-electron chi connectivity index (χ1n) is 8.01. The van der Waals surface area contributed by atoms with E-state index in [0.717, 1.165) is 24.2 Å². The molecule has 2 nitrogen and oxygen atoms in total. The first-order chi connectivity index (χ1) is 10.2. The van der Waals surface area contributed by atoms with Crippen LogP contribution in [-0.2, 0) is 4.74 Å². The van der Waals surface area contributed by atoms with Crippen LogP contribution in [0.5, 0.6) is 5.75 Å². The van der Waals surface area contributed by atoms with Crippen molar-refractivity contribution in [1.29, 1.82) is 0 Å². The van der Waals surface area contributed by atoms with Crippen molar-refractivity contribution in [2.45, 2.75) is 59.5 Å². The quantitative estimate of drug-likeness (QED) is 0.577. The summed E-state index contributed by atoms with van der Waals surface area (Å²) in [5, 5.41) is 0. The van der Waals surface area contributed by atoms with Gasteiger partial charge in [0.25, 0.3) is 0 Å². The smallest absolute Gasteiger partial charge is 0.126 e. The van der Waals surface area contributed by atoms with Crippen molar-refractivity contribution >= 4 is 6.08 Å². The van der Waals surface area contributed by atoms with Gasteiger partial charge >= 0.3 is 0 Å². The molecule has 0 saturated carbocycles. The Morgan fingerprint density at radius 3 is 2.48 bits per heavy atom. The molecular formula is C19H32O2. The molecule has 0 aliphatic heterocycles. The number of rotatable bonds is 8. The maximum Gasteiger partial charge on any atom is 0.126 e. The predicted octanol–water partition coefficient (Wildman–Crippen LogP) is 5.64. The summed E-state index contributed by atoms with van der Waals surface area (Å²) in [6.07, 6.45) is 9.43. The molecule has 120 valence electrons. The number of methoxy groups -OCH3 is 2. The molecule has 0 fully saturated rings. The zero-order valence-corrected chi connectivity index (χ0v) is 14.6. The molecule has 0 spiro atoms. The van der Waals surface area contributed by atoms with Crippen LogP contribution in [0.1, 0.15) is 57.6 Å². The Hall–Kier alpha value is -1.28. The zero-order chi connectivity index (χ0) is 16.1. The highest BCUT2D eigenvalue weighted by molar-refractivity contribution is 5.58. The highest BCUT2D eigenvalue weighted by Gasteiger charge is 1.99. The van der Waals surface area contributed by atoms with Crippen LogP contribution in [0.15, 0.2) is 24.3 Å². The van der Waals surface area contributed by atoms with Crippen LogP contribution in [0.25, 0.3) is 6.08 Å². The second-order valence-electron chi connectivity index (χ2n) is 4.98. The van der Waals surface area contributed by atoms with Crippen molar-refractivity contribution < 1.29 is 9.47 Å². The Balaban J connectivity index is 0.00000191. The molecule has 0 saturated heterocycles. The molecule has 1 aromatic carbocycles. The third kappa shape index (κ3) is 8.56. The number of aryl methyl sites for hydroxylation is 1. The van der Waals surface area contributed by atoms with Gasteiger partial charge < -0.3 is 9.47 Å². The summed E-state index contributed by atoms with van der Waals surface area (Å²) in [5.74, 6) is 0.940. The largest absolute Gasteiger partial charge is 0.496 e. The van der Waals surface area contributed by atoms with E-state index in [4.69, 9.17) is 9.47 Å². The summed E-state index contributed by atoms with van der Waals surface area (Å²) in [5.41, 5.74) is 2.42. The minimum Gasteiger partial charge on any atom is -0.496 e. The van der Waals surface area contributed by atoms with Gasteiger partial charge in [-0.15, -0.1) is 0 Å². The second kappa shape index (κ2) is 12.5. The van der Waals surface area contributed by atoms with E-state index >= 15 is 0 Å². The van der Waals surface area contributed by atoms with Crippen molar-refractivity contribution in [3.63, 3.8) is 0 Å². The van der Waals surface area contributed by atoms with E-state index < -0.39 is 0 Å². The van der Waals surface area contributed by atoms with Gasteiger partial charge in [0, 0.05) is 12.7 Å². The summed E-state index contributed by atoms with van der Waals surface area (Å²) >= 11 is 0. The van der Waals surface area contributed by atoms with Crippen molar-refractivity contribution in [2.24, 2.45) is 0 Å². The van der Waals surface area contributed by atoms with E-state index in [0.29, 0.717) is 6.10 Å². The number of unbranched alkanes of at least 4 members (excludes halogenated alkanes) is 2. The van der Waals surface area contributed by atoms with Gasteiger partial charge in [0.2, 0.25) is 0 Å². The Morgan fingerprint density at radius 1 is 1.14 bits per heavy atom.